The maximum atomic E-state index is 12.4. The molecule has 5 nitrogen and oxygen atoms in total. The van der Waals surface area contributed by atoms with Crippen LogP contribution in [0.2, 0.25) is 0 Å². The molecule has 0 amide bonds. The molecule has 2 heterocycles. The van der Waals surface area contributed by atoms with E-state index in [0.717, 1.165) is 29.2 Å². The zero-order valence-corrected chi connectivity index (χ0v) is 11.7. The van der Waals surface area contributed by atoms with E-state index in [4.69, 9.17) is 0 Å². The molecular weight excluding hydrogens is 283 g/mol. The summed E-state index contributed by atoms with van der Waals surface area (Å²) in [5.41, 5.74) is 4.42. The van der Waals surface area contributed by atoms with Gasteiger partial charge in [-0.15, -0.1) is 0 Å². The Morgan fingerprint density at radius 1 is 1.29 bits per heavy atom. The highest BCUT2D eigenvalue weighted by Crippen LogP contribution is 2.28. The third-order valence-electron chi connectivity index (χ3n) is 3.03. The van der Waals surface area contributed by atoms with Gasteiger partial charge < -0.3 is 0 Å². The number of alkyl halides is 3. The van der Waals surface area contributed by atoms with Crippen LogP contribution in [0.15, 0.2) is 23.4 Å². The fraction of sp³-hybridized carbons (Fsp3) is 0.308. The van der Waals surface area contributed by atoms with Crippen molar-refractivity contribution in [2.24, 2.45) is 12.1 Å². The van der Waals surface area contributed by atoms with E-state index in [0.29, 0.717) is 0 Å². The first-order chi connectivity index (χ1) is 9.79. The second kappa shape index (κ2) is 5.55. The van der Waals surface area contributed by atoms with Crippen LogP contribution in [0.25, 0.3) is 0 Å². The minimum absolute atomic E-state index is 0.235. The highest BCUT2D eigenvalue weighted by Gasteiger charge is 2.30. The summed E-state index contributed by atoms with van der Waals surface area (Å²) >= 11 is 0. The Morgan fingerprint density at radius 3 is 2.48 bits per heavy atom. The smallest absolute Gasteiger partial charge is 0.272 e. The van der Waals surface area contributed by atoms with Crippen molar-refractivity contribution in [3.63, 3.8) is 0 Å². The first kappa shape index (κ1) is 15.0. The average Bonchev–Trinajstić information content (AvgIpc) is 2.64. The lowest BCUT2D eigenvalue weighted by Crippen LogP contribution is -2.05. The monoisotopic (exact) mass is 297 g/mol. The Balaban J connectivity index is 2.08. The van der Waals surface area contributed by atoms with E-state index in [2.05, 4.69) is 20.6 Å². The lowest BCUT2D eigenvalue weighted by Gasteiger charge is -2.06. The highest BCUT2D eigenvalue weighted by atomic mass is 19.4. The predicted molar refractivity (Wildman–Crippen MR) is 73.1 cm³/mol. The summed E-state index contributed by atoms with van der Waals surface area (Å²) in [5, 5.41) is 8.20. The van der Waals surface area contributed by atoms with Crippen LogP contribution in [0.1, 0.15) is 22.5 Å². The molecule has 0 saturated carbocycles. The number of nitrogens with zero attached hydrogens (tertiary/aromatic N) is 4. The van der Waals surface area contributed by atoms with Crippen molar-refractivity contribution in [2.75, 3.05) is 5.43 Å². The fourth-order valence-corrected chi connectivity index (χ4v) is 1.77. The molecule has 1 N–H and O–H groups in total. The Morgan fingerprint density at radius 2 is 2.00 bits per heavy atom. The minimum Gasteiger partial charge on any atom is -0.272 e. The predicted octanol–water partition coefficient (Wildman–Crippen LogP) is 2.90. The Hall–Kier alpha value is -2.38. The fourth-order valence-electron chi connectivity index (χ4n) is 1.77. The minimum atomic E-state index is -4.39. The van der Waals surface area contributed by atoms with Crippen molar-refractivity contribution in [3.8, 4) is 0 Å². The van der Waals surface area contributed by atoms with Crippen LogP contribution >= 0.6 is 0 Å². The number of hydrogen-bond acceptors (Lipinski definition) is 4. The molecule has 112 valence electrons. The molecule has 8 heteroatoms. The van der Waals surface area contributed by atoms with Crippen LogP contribution in [0.4, 0.5) is 19.0 Å². The molecule has 0 radical (unpaired) electrons. The van der Waals surface area contributed by atoms with E-state index in [-0.39, 0.29) is 5.82 Å². The standard InChI is InChI=1S/C13H14F3N5/c1-8-11(9(2)21(3)20-8)7-18-19-12-5-4-10(6-17-12)13(14,15)16/h4-7H,1-3H3,(H,17,19)/b18-7-. The lowest BCUT2D eigenvalue weighted by atomic mass is 10.2. The van der Waals surface area contributed by atoms with Crippen molar-refractivity contribution < 1.29 is 13.2 Å². The molecule has 0 aliphatic heterocycles. The second-order valence-corrected chi connectivity index (χ2v) is 4.51. The molecule has 2 aromatic heterocycles. The summed E-state index contributed by atoms with van der Waals surface area (Å²) in [5.74, 6) is 0.235. The van der Waals surface area contributed by atoms with E-state index in [9.17, 15) is 13.2 Å². The third kappa shape index (κ3) is 3.39. The summed E-state index contributed by atoms with van der Waals surface area (Å²) < 4.78 is 38.9. The summed E-state index contributed by atoms with van der Waals surface area (Å²) in [4.78, 5) is 3.66. The SMILES string of the molecule is Cc1nn(C)c(C)c1/C=N\Nc1ccc(C(F)(F)F)cn1. The molecule has 21 heavy (non-hydrogen) atoms. The van der Waals surface area contributed by atoms with E-state index in [1.807, 2.05) is 20.9 Å². The number of hydrogen-bond donors (Lipinski definition) is 1. The molecule has 0 aliphatic carbocycles. The lowest BCUT2D eigenvalue weighted by molar-refractivity contribution is -0.137. The number of pyridine rings is 1. The van der Waals surface area contributed by atoms with Gasteiger partial charge in [-0.2, -0.15) is 23.4 Å². The Bertz CT molecular complexity index is 656. The van der Waals surface area contributed by atoms with E-state index in [1.165, 1.54) is 6.07 Å². The molecule has 0 fully saturated rings. The quantitative estimate of drug-likeness (QED) is 0.700. The van der Waals surface area contributed by atoms with Gasteiger partial charge in [0.05, 0.1) is 17.5 Å². The topological polar surface area (TPSA) is 55.1 Å². The summed E-state index contributed by atoms with van der Waals surface area (Å²) in [7, 11) is 1.82. The average molecular weight is 297 g/mol. The number of halogens is 3. The van der Waals surface area contributed by atoms with Gasteiger partial charge in [-0.05, 0) is 26.0 Å². The van der Waals surface area contributed by atoms with Crippen molar-refractivity contribution in [3.05, 3.63) is 40.8 Å². The van der Waals surface area contributed by atoms with Crippen LogP contribution in [0.3, 0.4) is 0 Å². The van der Waals surface area contributed by atoms with Gasteiger partial charge in [0, 0.05) is 24.5 Å². The van der Waals surface area contributed by atoms with E-state index >= 15 is 0 Å². The van der Waals surface area contributed by atoms with Gasteiger partial charge in [0.1, 0.15) is 5.82 Å². The Labute approximate surface area is 119 Å². The van der Waals surface area contributed by atoms with Crippen molar-refractivity contribution in [1.82, 2.24) is 14.8 Å². The molecule has 2 rings (SSSR count). The molecule has 2 aromatic rings. The third-order valence-corrected chi connectivity index (χ3v) is 3.03. The van der Waals surface area contributed by atoms with Gasteiger partial charge in [-0.25, -0.2) is 4.98 Å². The first-order valence-electron chi connectivity index (χ1n) is 6.11. The Kier molecular flexibility index (Phi) is 3.97. The summed E-state index contributed by atoms with van der Waals surface area (Å²) in [6.07, 6.45) is -2.06. The maximum absolute atomic E-state index is 12.4. The van der Waals surface area contributed by atoms with Crippen molar-refractivity contribution in [1.29, 1.82) is 0 Å². The summed E-state index contributed by atoms with van der Waals surface area (Å²) in [6.45, 7) is 3.75. The number of rotatable bonds is 3. The normalized spacial score (nSPS) is 12.1. The number of nitrogens with one attached hydrogen (secondary N) is 1. The molecule has 0 aromatic carbocycles. The van der Waals surface area contributed by atoms with Gasteiger partial charge in [0.15, 0.2) is 0 Å². The molecule has 0 bridgehead atoms. The van der Waals surface area contributed by atoms with Crippen molar-refractivity contribution in [2.45, 2.75) is 20.0 Å². The molecule has 0 saturated heterocycles. The van der Waals surface area contributed by atoms with Gasteiger partial charge in [0.25, 0.3) is 0 Å². The van der Waals surface area contributed by atoms with Crippen LogP contribution in [0, 0.1) is 13.8 Å². The highest BCUT2D eigenvalue weighted by molar-refractivity contribution is 5.83. The van der Waals surface area contributed by atoms with E-state index in [1.54, 1.807) is 10.9 Å². The van der Waals surface area contributed by atoms with Gasteiger partial charge >= 0.3 is 6.18 Å². The van der Waals surface area contributed by atoms with E-state index < -0.39 is 11.7 Å². The van der Waals surface area contributed by atoms with Crippen LogP contribution in [-0.2, 0) is 13.2 Å². The number of anilines is 1. The molecule has 0 atom stereocenters. The van der Waals surface area contributed by atoms with Crippen LogP contribution < -0.4 is 5.43 Å². The molecule has 0 spiro atoms. The number of aryl methyl sites for hydroxylation is 2. The zero-order valence-electron chi connectivity index (χ0n) is 11.7. The molecular formula is C13H14F3N5. The maximum Gasteiger partial charge on any atom is 0.417 e. The largest absolute Gasteiger partial charge is 0.417 e. The van der Waals surface area contributed by atoms with Crippen LogP contribution in [-0.4, -0.2) is 21.0 Å². The molecule has 0 aliphatic rings. The van der Waals surface area contributed by atoms with Crippen LogP contribution in [0.5, 0.6) is 0 Å². The number of hydrazone groups is 1. The second-order valence-electron chi connectivity index (χ2n) is 4.51. The first-order valence-corrected chi connectivity index (χ1v) is 6.11. The van der Waals surface area contributed by atoms with Gasteiger partial charge in [0.2, 0.25) is 0 Å². The van der Waals surface area contributed by atoms with Gasteiger partial charge in [-0.1, -0.05) is 0 Å². The zero-order chi connectivity index (χ0) is 15.6. The number of aromatic nitrogens is 3. The van der Waals surface area contributed by atoms with Gasteiger partial charge in [-0.3, -0.25) is 10.1 Å². The molecule has 0 unspecified atom stereocenters. The van der Waals surface area contributed by atoms with Crippen molar-refractivity contribution >= 4 is 12.0 Å². The summed E-state index contributed by atoms with van der Waals surface area (Å²) in [6, 6.07) is 2.18.